The number of benzene rings is 3. The monoisotopic (exact) mass is 512 g/mol. The van der Waals surface area contributed by atoms with Crippen LogP contribution >= 0.6 is 0 Å². The van der Waals surface area contributed by atoms with E-state index in [1.165, 1.54) is 19.1 Å². The van der Waals surface area contributed by atoms with Gasteiger partial charge in [-0.3, -0.25) is 14.5 Å². The molecule has 5 nitrogen and oxygen atoms in total. The standard InChI is InChI=1S/C32H33FN2O3/c1-3-4-7-18-38-26-16-12-23(13-17-26)32-31-28(34-27-8-5-6-9-29(27)35(32)21(2)36)19-24(20-30(31)37)22-10-14-25(33)15-11-22/h5-6,8-17,24,32,34H,3-4,7,18-20H2,1-2H3/t24-,32+/m1/s1. The molecule has 1 heterocycles. The first-order valence-electron chi connectivity index (χ1n) is 13.4. The van der Waals surface area contributed by atoms with E-state index in [0.29, 0.717) is 25.0 Å². The van der Waals surface area contributed by atoms with Gasteiger partial charge >= 0.3 is 0 Å². The van der Waals surface area contributed by atoms with Gasteiger partial charge in [-0.15, -0.1) is 0 Å². The molecule has 0 saturated carbocycles. The second-order valence-electron chi connectivity index (χ2n) is 10.0. The quantitative estimate of drug-likeness (QED) is 0.337. The summed E-state index contributed by atoms with van der Waals surface area (Å²) in [6.45, 7) is 4.36. The number of Topliss-reactive ketones (excluding diaryl/α,β-unsaturated/α-hetero) is 1. The molecule has 2 atom stereocenters. The second kappa shape index (κ2) is 11.2. The first-order valence-corrected chi connectivity index (χ1v) is 13.4. The highest BCUT2D eigenvalue weighted by molar-refractivity contribution is 6.06. The fraction of sp³-hybridized carbons (Fsp3) is 0.312. The number of ether oxygens (including phenoxy) is 1. The number of halogens is 1. The Balaban J connectivity index is 1.56. The van der Waals surface area contributed by atoms with Crippen LogP contribution in [0.1, 0.15) is 69.0 Å². The number of fused-ring (bicyclic) bond motifs is 1. The van der Waals surface area contributed by atoms with Crippen LogP contribution < -0.4 is 15.0 Å². The predicted octanol–water partition coefficient (Wildman–Crippen LogP) is 7.32. The molecule has 1 aliphatic carbocycles. The Kier molecular flexibility index (Phi) is 7.59. The van der Waals surface area contributed by atoms with E-state index in [1.54, 1.807) is 17.0 Å². The number of unbranched alkanes of at least 4 members (excludes halogenated alkanes) is 2. The third-order valence-electron chi connectivity index (χ3n) is 7.38. The van der Waals surface area contributed by atoms with E-state index >= 15 is 0 Å². The minimum Gasteiger partial charge on any atom is -0.494 e. The topological polar surface area (TPSA) is 58.6 Å². The van der Waals surface area contributed by atoms with Gasteiger partial charge in [-0.2, -0.15) is 0 Å². The van der Waals surface area contributed by atoms with Crippen LogP contribution in [0.5, 0.6) is 5.75 Å². The average Bonchev–Trinajstić information content (AvgIpc) is 3.06. The number of nitrogens with zero attached hydrogens (tertiary/aromatic N) is 1. The highest BCUT2D eigenvalue weighted by Crippen LogP contribution is 2.47. The van der Waals surface area contributed by atoms with Crippen LogP contribution in [0.3, 0.4) is 0 Å². The number of hydrogen-bond donors (Lipinski definition) is 1. The molecule has 0 saturated heterocycles. The number of anilines is 2. The van der Waals surface area contributed by atoms with Crippen molar-refractivity contribution in [3.8, 4) is 5.75 Å². The molecule has 0 fully saturated rings. The minimum atomic E-state index is -0.575. The van der Waals surface area contributed by atoms with Gasteiger partial charge in [0.15, 0.2) is 5.78 Å². The van der Waals surface area contributed by atoms with Gasteiger partial charge in [-0.25, -0.2) is 4.39 Å². The Bertz CT molecular complexity index is 1350. The number of rotatable bonds is 7. The molecule has 0 bridgehead atoms. The summed E-state index contributed by atoms with van der Waals surface area (Å²) in [6, 6.07) is 21.2. The summed E-state index contributed by atoms with van der Waals surface area (Å²) in [5, 5.41) is 3.50. The molecule has 196 valence electrons. The summed E-state index contributed by atoms with van der Waals surface area (Å²) >= 11 is 0. The van der Waals surface area contributed by atoms with E-state index in [1.807, 2.05) is 48.5 Å². The molecule has 0 unspecified atom stereocenters. The second-order valence-corrected chi connectivity index (χ2v) is 10.0. The third-order valence-corrected chi connectivity index (χ3v) is 7.38. The van der Waals surface area contributed by atoms with Gasteiger partial charge in [-0.1, -0.05) is 56.2 Å². The summed E-state index contributed by atoms with van der Waals surface area (Å²) in [5.74, 6) is 0.229. The minimum absolute atomic E-state index is 0.0166. The highest BCUT2D eigenvalue weighted by Gasteiger charge is 2.40. The van der Waals surface area contributed by atoms with Gasteiger partial charge in [0.1, 0.15) is 11.6 Å². The maximum Gasteiger partial charge on any atom is 0.224 e. The van der Waals surface area contributed by atoms with Gasteiger partial charge in [0.2, 0.25) is 5.91 Å². The zero-order valence-corrected chi connectivity index (χ0v) is 21.9. The van der Waals surface area contributed by atoms with Gasteiger partial charge in [0, 0.05) is 24.6 Å². The van der Waals surface area contributed by atoms with Crippen LogP contribution in [0.25, 0.3) is 0 Å². The number of carbonyl (C=O) groups is 2. The van der Waals surface area contributed by atoms with Crippen molar-refractivity contribution < 1.29 is 18.7 Å². The lowest BCUT2D eigenvalue weighted by molar-refractivity contribution is -0.117. The van der Waals surface area contributed by atoms with Crippen LogP contribution in [-0.4, -0.2) is 18.3 Å². The number of carbonyl (C=O) groups excluding carboxylic acids is 2. The lowest BCUT2D eigenvalue weighted by Gasteiger charge is -2.34. The molecule has 3 aromatic carbocycles. The summed E-state index contributed by atoms with van der Waals surface area (Å²) in [4.78, 5) is 28.8. The lowest BCUT2D eigenvalue weighted by Crippen LogP contribution is -2.37. The van der Waals surface area contributed by atoms with Crippen LogP contribution in [0, 0.1) is 5.82 Å². The molecule has 0 aromatic heterocycles. The molecule has 3 aromatic rings. The normalized spacial score (nSPS) is 18.8. The van der Waals surface area contributed by atoms with Crippen molar-refractivity contribution in [2.75, 3.05) is 16.8 Å². The molecule has 1 amide bonds. The SMILES string of the molecule is CCCCCOc1ccc([C@H]2C3=C(C[C@@H](c4ccc(F)cc4)CC3=O)Nc3ccccc3N2C(C)=O)cc1. The summed E-state index contributed by atoms with van der Waals surface area (Å²) in [5.41, 5.74) is 4.69. The van der Waals surface area contributed by atoms with Crippen molar-refractivity contribution >= 4 is 23.1 Å². The van der Waals surface area contributed by atoms with Gasteiger partial charge in [-0.05, 0) is 66.3 Å². The number of amides is 1. The van der Waals surface area contributed by atoms with E-state index in [4.69, 9.17) is 4.74 Å². The Morgan fingerprint density at radius 2 is 1.68 bits per heavy atom. The van der Waals surface area contributed by atoms with Gasteiger partial charge in [0.25, 0.3) is 0 Å². The predicted molar refractivity (Wildman–Crippen MR) is 148 cm³/mol. The number of nitrogens with one attached hydrogen (secondary N) is 1. The zero-order chi connectivity index (χ0) is 26.6. The van der Waals surface area contributed by atoms with Crippen LogP contribution in [0.4, 0.5) is 15.8 Å². The Labute approximate surface area is 223 Å². The van der Waals surface area contributed by atoms with E-state index in [0.717, 1.165) is 53.2 Å². The van der Waals surface area contributed by atoms with Crippen LogP contribution in [-0.2, 0) is 9.59 Å². The van der Waals surface area contributed by atoms with Gasteiger partial charge in [0.05, 0.1) is 24.0 Å². The fourth-order valence-electron chi connectivity index (χ4n) is 5.51. The summed E-state index contributed by atoms with van der Waals surface area (Å²) in [7, 11) is 0. The smallest absolute Gasteiger partial charge is 0.224 e. The molecule has 5 rings (SSSR count). The van der Waals surface area contributed by atoms with Crippen molar-refractivity contribution in [1.29, 1.82) is 0 Å². The van der Waals surface area contributed by atoms with Crippen molar-refractivity contribution in [3.63, 3.8) is 0 Å². The van der Waals surface area contributed by atoms with Crippen LogP contribution in [0.2, 0.25) is 0 Å². The number of ketones is 1. The zero-order valence-electron chi connectivity index (χ0n) is 21.9. The molecule has 1 N–H and O–H groups in total. The van der Waals surface area contributed by atoms with Crippen molar-refractivity contribution in [3.05, 3.63) is 101 Å². The first kappa shape index (κ1) is 25.7. The highest BCUT2D eigenvalue weighted by atomic mass is 19.1. The van der Waals surface area contributed by atoms with E-state index < -0.39 is 6.04 Å². The van der Waals surface area contributed by atoms with Crippen LogP contribution in [0.15, 0.2) is 84.1 Å². The maximum absolute atomic E-state index is 13.9. The number of para-hydroxylation sites is 2. The van der Waals surface area contributed by atoms with E-state index in [9.17, 15) is 14.0 Å². The molecule has 6 heteroatoms. The summed E-state index contributed by atoms with van der Waals surface area (Å²) in [6.07, 6.45) is 4.14. The molecule has 2 aliphatic rings. The maximum atomic E-state index is 13.9. The largest absolute Gasteiger partial charge is 0.494 e. The Morgan fingerprint density at radius 1 is 0.974 bits per heavy atom. The summed E-state index contributed by atoms with van der Waals surface area (Å²) < 4.78 is 19.5. The first-order chi connectivity index (χ1) is 18.5. The molecular weight excluding hydrogens is 479 g/mol. The third kappa shape index (κ3) is 5.21. The molecule has 0 spiro atoms. The lowest BCUT2D eigenvalue weighted by atomic mass is 9.78. The number of allylic oxidation sites excluding steroid dienone is 1. The van der Waals surface area contributed by atoms with Crippen molar-refractivity contribution in [1.82, 2.24) is 0 Å². The van der Waals surface area contributed by atoms with Gasteiger partial charge < -0.3 is 10.1 Å². The van der Waals surface area contributed by atoms with E-state index in [-0.39, 0.29) is 23.4 Å². The molecule has 0 radical (unpaired) electrons. The Morgan fingerprint density at radius 3 is 2.39 bits per heavy atom. The van der Waals surface area contributed by atoms with Crippen molar-refractivity contribution in [2.24, 2.45) is 0 Å². The van der Waals surface area contributed by atoms with E-state index in [2.05, 4.69) is 12.2 Å². The molecule has 38 heavy (non-hydrogen) atoms. The fourth-order valence-corrected chi connectivity index (χ4v) is 5.51. The molecule has 1 aliphatic heterocycles. The van der Waals surface area contributed by atoms with Crippen molar-refractivity contribution in [2.45, 2.75) is 57.9 Å². The number of hydrogen-bond acceptors (Lipinski definition) is 4. The average molecular weight is 513 g/mol. The Hall–Kier alpha value is -3.93. The molecular formula is C32H33FN2O3.